The lowest BCUT2D eigenvalue weighted by Crippen LogP contribution is -2.39. The third-order valence-electron chi connectivity index (χ3n) is 4.13. The van der Waals surface area contributed by atoms with Crippen molar-refractivity contribution in [3.8, 4) is 5.75 Å². The molecule has 0 fully saturated rings. The van der Waals surface area contributed by atoms with Gasteiger partial charge in [-0.25, -0.2) is 0 Å². The van der Waals surface area contributed by atoms with E-state index in [0.29, 0.717) is 29.6 Å². The minimum atomic E-state index is -0.477. The number of amides is 3. The van der Waals surface area contributed by atoms with Gasteiger partial charge in [0, 0.05) is 24.4 Å². The second-order valence-electron chi connectivity index (χ2n) is 6.45. The second kappa shape index (κ2) is 11.2. The predicted molar refractivity (Wildman–Crippen MR) is 116 cm³/mol. The largest absolute Gasteiger partial charge is 0.497 e. The number of thioether (sulfide) groups is 1. The molecule has 1 unspecified atom stereocenters. The van der Waals surface area contributed by atoms with Gasteiger partial charge in [0.1, 0.15) is 11.5 Å². The Balaban J connectivity index is 1.81. The van der Waals surface area contributed by atoms with Gasteiger partial charge in [0.15, 0.2) is 5.82 Å². The summed E-state index contributed by atoms with van der Waals surface area (Å²) in [6, 6.07) is 8.59. The van der Waals surface area contributed by atoms with Crippen molar-refractivity contribution in [3.05, 3.63) is 36.1 Å². The molecule has 0 saturated carbocycles. The van der Waals surface area contributed by atoms with E-state index in [1.807, 2.05) is 0 Å². The molecule has 3 amide bonds. The van der Waals surface area contributed by atoms with Gasteiger partial charge in [-0.2, -0.15) is 0 Å². The van der Waals surface area contributed by atoms with Crippen LogP contribution in [0, 0.1) is 6.92 Å². The molecule has 1 aromatic carbocycles. The Kier molecular flexibility index (Phi) is 8.72. The highest BCUT2D eigenvalue weighted by Crippen LogP contribution is 2.17. The van der Waals surface area contributed by atoms with Crippen LogP contribution in [0.2, 0.25) is 0 Å². The van der Waals surface area contributed by atoms with Crippen molar-refractivity contribution >= 4 is 41.0 Å². The minimum Gasteiger partial charge on any atom is -0.497 e. The van der Waals surface area contributed by atoms with Gasteiger partial charge in [0.05, 0.1) is 24.7 Å². The number of likely N-dealkylation sites (N-methyl/N-ethyl adjacent to an activating group) is 1. The van der Waals surface area contributed by atoms with Gasteiger partial charge >= 0.3 is 0 Å². The molecule has 162 valence electrons. The smallest absolute Gasteiger partial charge is 0.243 e. The fourth-order valence-electron chi connectivity index (χ4n) is 2.47. The van der Waals surface area contributed by atoms with Crippen molar-refractivity contribution in [2.45, 2.75) is 26.0 Å². The number of anilines is 2. The summed E-state index contributed by atoms with van der Waals surface area (Å²) in [6.07, 6.45) is 0. The summed E-state index contributed by atoms with van der Waals surface area (Å²) in [5, 5.41) is 8.62. The number of nitrogens with one attached hydrogen (secondary N) is 2. The highest BCUT2D eigenvalue weighted by atomic mass is 32.2. The lowest BCUT2D eigenvalue weighted by Gasteiger charge is -2.21. The van der Waals surface area contributed by atoms with E-state index in [2.05, 4.69) is 15.8 Å². The molecule has 0 aliphatic carbocycles. The number of ether oxygens (including phenoxy) is 1. The Bertz CT molecular complexity index is 886. The fourth-order valence-corrected chi connectivity index (χ4v) is 3.25. The second-order valence-corrected chi connectivity index (χ2v) is 7.78. The zero-order valence-electron chi connectivity index (χ0n) is 17.4. The number of carbonyl (C=O) groups excluding carboxylic acids is 3. The van der Waals surface area contributed by atoms with Gasteiger partial charge < -0.3 is 24.8 Å². The maximum absolute atomic E-state index is 12.5. The molecule has 0 aliphatic heterocycles. The quantitative estimate of drug-likeness (QED) is 0.591. The summed E-state index contributed by atoms with van der Waals surface area (Å²) in [6.45, 7) is 5.52. The highest BCUT2D eigenvalue weighted by Gasteiger charge is 2.20. The first-order valence-electron chi connectivity index (χ1n) is 9.39. The Hall–Kier alpha value is -3.01. The van der Waals surface area contributed by atoms with Gasteiger partial charge in [0.25, 0.3) is 0 Å². The minimum absolute atomic E-state index is 0.0761. The van der Waals surface area contributed by atoms with Gasteiger partial charge in [-0.1, -0.05) is 11.2 Å². The van der Waals surface area contributed by atoms with Gasteiger partial charge in [-0.15, -0.1) is 11.8 Å². The number of hydrogen-bond acceptors (Lipinski definition) is 7. The van der Waals surface area contributed by atoms with E-state index in [9.17, 15) is 14.4 Å². The number of nitrogens with zero attached hydrogens (tertiary/aromatic N) is 2. The Morgan fingerprint density at radius 1 is 1.27 bits per heavy atom. The van der Waals surface area contributed by atoms with Crippen molar-refractivity contribution in [2.75, 3.05) is 36.6 Å². The van der Waals surface area contributed by atoms with E-state index in [4.69, 9.17) is 9.26 Å². The number of methoxy groups -OCH3 is 1. The summed E-state index contributed by atoms with van der Waals surface area (Å²) in [4.78, 5) is 38.4. The van der Waals surface area contributed by atoms with E-state index < -0.39 is 5.25 Å². The van der Waals surface area contributed by atoms with Crippen LogP contribution >= 0.6 is 11.8 Å². The summed E-state index contributed by atoms with van der Waals surface area (Å²) in [7, 11) is 1.55. The average molecular weight is 435 g/mol. The first-order valence-corrected chi connectivity index (χ1v) is 10.4. The zero-order valence-corrected chi connectivity index (χ0v) is 18.2. The molecule has 0 spiro atoms. The van der Waals surface area contributed by atoms with E-state index in [1.54, 1.807) is 58.2 Å². The van der Waals surface area contributed by atoms with Crippen LogP contribution in [0.4, 0.5) is 11.5 Å². The molecule has 0 saturated heterocycles. The number of hydrogen-bond donors (Lipinski definition) is 2. The van der Waals surface area contributed by atoms with Crippen molar-refractivity contribution in [1.29, 1.82) is 0 Å². The lowest BCUT2D eigenvalue weighted by molar-refractivity contribution is -0.132. The molecule has 2 rings (SSSR count). The molecule has 1 atom stereocenters. The average Bonchev–Trinajstić information content (AvgIpc) is 3.14. The summed E-state index contributed by atoms with van der Waals surface area (Å²) in [5.41, 5.74) is 0.589. The predicted octanol–water partition coefficient (Wildman–Crippen LogP) is 2.54. The number of aromatic nitrogens is 1. The molecule has 1 heterocycles. The van der Waals surface area contributed by atoms with Crippen LogP contribution in [0.5, 0.6) is 5.75 Å². The molecule has 10 heteroatoms. The van der Waals surface area contributed by atoms with Crippen LogP contribution in [0.15, 0.2) is 34.9 Å². The Labute approximate surface area is 179 Å². The number of benzene rings is 1. The highest BCUT2D eigenvalue weighted by molar-refractivity contribution is 8.01. The summed E-state index contributed by atoms with van der Waals surface area (Å²) >= 11 is 1.19. The standard InChI is InChI=1S/C20H26N4O5S/c1-5-24(11-18(25)21-15-7-6-8-16(10-15)28-4)19(26)12-30-14(3)20(27)22-17-9-13(2)29-23-17/h6-10,14H,5,11-12H2,1-4H3,(H,21,25)(H,22,23,27). The molecule has 0 radical (unpaired) electrons. The van der Waals surface area contributed by atoms with Gasteiger partial charge in [0.2, 0.25) is 17.7 Å². The molecule has 1 aromatic heterocycles. The molecule has 30 heavy (non-hydrogen) atoms. The van der Waals surface area contributed by atoms with Gasteiger partial charge in [-0.3, -0.25) is 14.4 Å². The Morgan fingerprint density at radius 3 is 2.67 bits per heavy atom. The molecule has 2 N–H and O–H groups in total. The summed E-state index contributed by atoms with van der Waals surface area (Å²) < 4.78 is 10.0. The molecular weight excluding hydrogens is 408 g/mol. The van der Waals surface area contributed by atoms with Crippen molar-refractivity contribution in [3.63, 3.8) is 0 Å². The zero-order chi connectivity index (χ0) is 22.1. The number of aryl methyl sites for hydroxylation is 1. The van der Waals surface area contributed by atoms with Crippen molar-refractivity contribution in [1.82, 2.24) is 10.1 Å². The fraction of sp³-hybridized carbons (Fsp3) is 0.400. The number of carbonyl (C=O) groups is 3. The van der Waals surface area contributed by atoms with Crippen LogP contribution in [-0.4, -0.2) is 59.0 Å². The van der Waals surface area contributed by atoms with Crippen molar-refractivity contribution in [2.24, 2.45) is 0 Å². The van der Waals surface area contributed by atoms with E-state index in [-0.39, 0.29) is 30.0 Å². The summed E-state index contributed by atoms with van der Waals surface area (Å²) in [5.74, 6) is 0.816. The maximum Gasteiger partial charge on any atom is 0.243 e. The first kappa shape index (κ1) is 23.3. The molecule has 2 aromatic rings. The van der Waals surface area contributed by atoms with Crippen LogP contribution in [0.3, 0.4) is 0 Å². The van der Waals surface area contributed by atoms with E-state index in [1.165, 1.54) is 16.7 Å². The number of rotatable bonds is 10. The van der Waals surface area contributed by atoms with E-state index in [0.717, 1.165) is 0 Å². The van der Waals surface area contributed by atoms with Crippen LogP contribution in [0.25, 0.3) is 0 Å². The van der Waals surface area contributed by atoms with Crippen LogP contribution in [0.1, 0.15) is 19.6 Å². The Morgan fingerprint density at radius 2 is 2.03 bits per heavy atom. The third kappa shape index (κ3) is 7.11. The van der Waals surface area contributed by atoms with Crippen LogP contribution < -0.4 is 15.4 Å². The topological polar surface area (TPSA) is 114 Å². The first-order chi connectivity index (χ1) is 14.3. The molecule has 0 bridgehead atoms. The maximum atomic E-state index is 12.5. The molecule has 9 nitrogen and oxygen atoms in total. The normalized spacial score (nSPS) is 11.5. The molecule has 0 aliphatic rings. The monoisotopic (exact) mass is 434 g/mol. The van der Waals surface area contributed by atoms with Crippen molar-refractivity contribution < 1.29 is 23.6 Å². The molecular formula is C20H26N4O5S. The third-order valence-corrected chi connectivity index (χ3v) is 5.26. The van der Waals surface area contributed by atoms with Crippen LogP contribution in [-0.2, 0) is 14.4 Å². The van der Waals surface area contributed by atoms with E-state index >= 15 is 0 Å². The lowest BCUT2D eigenvalue weighted by atomic mass is 10.3. The van der Waals surface area contributed by atoms with Gasteiger partial charge in [-0.05, 0) is 32.9 Å². The SMILES string of the molecule is CCN(CC(=O)Nc1cccc(OC)c1)C(=O)CSC(C)C(=O)Nc1cc(C)on1.